The van der Waals surface area contributed by atoms with Crippen LogP contribution in [0.1, 0.15) is 0 Å². The number of ether oxygens (including phenoxy) is 1. The molecule has 0 aliphatic carbocycles. The number of rotatable bonds is 1. The summed E-state index contributed by atoms with van der Waals surface area (Å²) >= 11 is 4.07. The molecule has 0 amide bonds. The van der Waals surface area contributed by atoms with Gasteiger partial charge in [-0.1, -0.05) is 0 Å². The van der Waals surface area contributed by atoms with Crippen LogP contribution in [0.5, 0.6) is 5.88 Å². The summed E-state index contributed by atoms with van der Waals surface area (Å²) < 4.78 is 4.86. The first-order chi connectivity index (χ1) is 5.15. The predicted octanol–water partition coefficient (Wildman–Crippen LogP) is 0.543. The Kier molecular flexibility index (Phi) is 2.09. The van der Waals surface area contributed by atoms with E-state index in [0.717, 1.165) is 0 Å². The summed E-state index contributed by atoms with van der Waals surface area (Å²) in [4.78, 5) is 4.43. The summed E-state index contributed by atoms with van der Waals surface area (Å²) in [5.74, 6) is 0.652. The molecule has 1 heterocycles. The number of nitrogens with two attached hydrogens (primary N) is 2. The van der Waals surface area contributed by atoms with Gasteiger partial charge in [-0.3, -0.25) is 0 Å². The number of thiol groups is 1. The molecule has 0 atom stereocenters. The maximum absolute atomic E-state index is 5.45. The zero-order valence-corrected chi connectivity index (χ0v) is 6.93. The van der Waals surface area contributed by atoms with Crippen molar-refractivity contribution in [2.75, 3.05) is 18.6 Å². The first-order valence-electron chi connectivity index (χ1n) is 2.94. The first-order valence-corrected chi connectivity index (χ1v) is 3.39. The van der Waals surface area contributed by atoms with E-state index in [1.54, 1.807) is 6.07 Å². The number of anilines is 2. The molecule has 1 aromatic rings. The van der Waals surface area contributed by atoms with Crippen molar-refractivity contribution >= 4 is 24.1 Å². The first kappa shape index (κ1) is 8.00. The fourth-order valence-electron chi connectivity index (χ4n) is 0.664. The fourth-order valence-corrected chi connectivity index (χ4v) is 0.945. The second-order valence-electron chi connectivity index (χ2n) is 1.99. The quantitative estimate of drug-likeness (QED) is 0.539. The fraction of sp³-hybridized carbons (Fsp3) is 0.167. The van der Waals surface area contributed by atoms with Gasteiger partial charge in [-0.15, -0.1) is 12.6 Å². The molecule has 5 heteroatoms. The minimum atomic E-state index is 0.264. The van der Waals surface area contributed by atoms with Gasteiger partial charge in [0.2, 0.25) is 5.88 Å². The number of pyridine rings is 1. The summed E-state index contributed by atoms with van der Waals surface area (Å²) in [6.07, 6.45) is 0. The normalized spacial score (nSPS) is 9.64. The Morgan fingerprint density at radius 2 is 2.18 bits per heavy atom. The minimum Gasteiger partial charge on any atom is -0.480 e. The highest BCUT2D eigenvalue weighted by atomic mass is 32.1. The minimum absolute atomic E-state index is 0.264. The van der Waals surface area contributed by atoms with Crippen molar-refractivity contribution in [2.24, 2.45) is 0 Å². The van der Waals surface area contributed by atoms with Gasteiger partial charge >= 0.3 is 0 Å². The Bertz CT molecular complexity index is 277. The van der Waals surface area contributed by atoms with Gasteiger partial charge in [0.1, 0.15) is 0 Å². The molecule has 0 aromatic carbocycles. The van der Waals surface area contributed by atoms with Gasteiger partial charge in [0.15, 0.2) is 5.82 Å². The van der Waals surface area contributed by atoms with Crippen molar-refractivity contribution in [1.82, 2.24) is 4.98 Å². The predicted molar refractivity (Wildman–Crippen MR) is 46.9 cm³/mol. The van der Waals surface area contributed by atoms with Crippen LogP contribution >= 0.6 is 12.6 Å². The van der Waals surface area contributed by atoms with E-state index in [9.17, 15) is 0 Å². The third-order valence-corrected chi connectivity index (χ3v) is 1.54. The van der Waals surface area contributed by atoms with E-state index in [0.29, 0.717) is 16.5 Å². The molecule has 0 saturated carbocycles. The van der Waals surface area contributed by atoms with Crippen LogP contribution < -0.4 is 16.2 Å². The van der Waals surface area contributed by atoms with Crippen LogP contribution in [-0.4, -0.2) is 12.1 Å². The Hall–Kier alpha value is -1.10. The van der Waals surface area contributed by atoms with Gasteiger partial charge in [-0.05, 0) is 6.07 Å². The van der Waals surface area contributed by atoms with E-state index >= 15 is 0 Å². The summed E-state index contributed by atoms with van der Waals surface area (Å²) in [7, 11) is 1.50. The molecule has 11 heavy (non-hydrogen) atoms. The summed E-state index contributed by atoms with van der Waals surface area (Å²) in [5, 5.41) is 0. The van der Waals surface area contributed by atoms with Crippen molar-refractivity contribution in [3.05, 3.63) is 6.07 Å². The van der Waals surface area contributed by atoms with E-state index in [4.69, 9.17) is 16.2 Å². The largest absolute Gasteiger partial charge is 0.480 e. The molecule has 1 aromatic heterocycles. The monoisotopic (exact) mass is 171 g/mol. The Labute approximate surface area is 70.0 Å². The van der Waals surface area contributed by atoms with Crippen molar-refractivity contribution in [1.29, 1.82) is 0 Å². The van der Waals surface area contributed by atoms with Crippen LogP contribution in [0.3, 0.4) is 0 Å². The number of nitrogens with zero attached hydrogens (tertiary/aromatic N) is 1. The van der Waals surface area contributed by atoms with E-state index < -0.39 is 0 Å². The highest BCUT2D eigenvalue weighted by molar-refractivity contribution is 7.80. The number of nitrogen functional groups attached to an aromatic ring is 2. The molecule has 0 spiro atoms. The lowest BCUT2D eigenvalue weighted by atomic mass is 10.4. The average molecular weight is 171 g/mol. The highest BCUT2D eigenvalue weighted by Crippen LogP contribution is 2.25. The van der Waals surface area contributed by atoms with Crippen LogP contribution in [0.15, 0.2) is 11.0 Å². The maximum Gasteiger partial charge on any atom is 0.228 e. The molecule has 0 aliphatic heterocycles. The Morgan fingerprint density at radius 1 is 1.55 bits per heavy atom. The van der Waals surface area contributed by atoms with E-state index in [2.05, 4.69) is 17.6 Å². The van der Waals surface area contributed by atoms with Crippen LogP contribution in [0, 0.1) is 0 Å². The SMILES string of the molecule is COc1nc(N)c(N)cc1S. The second kappa shape index (κ2) is 2.87. The van der Waals surface area contributed by atoms with Crippen molar-refractivity contribution in [3.63, 3.8) is 0 Å². The molecule has 0 fully saturated rings. The molecular weight excluding hydrogens is 162 g/mol. The van der Waals surface area contributed by atoms with Crippen LogP contribution in [0.2, 0.25) is 0 Å². The summed E-state index contributed by atoms with van der Waals surface area (Å²) in [6, 6.07) is 1.60. The molecule has 0 radical (unpaired) electrons. The lowest BCUT2D eigenvalue weighted by Gasteiger charge is -2.04. The third-order valence-electron chi connectivity index (χ3n) is 1.22. The Balaban J connectivity index is 3.21. The molecule has 0 aliphatic rings. The van der Waals surface area contributed by atoms with Crippen molar-refractivity contribution < 1.29 is 4.74 Å². The maximum atomic E-state index is 5.45. The average Bonchev–Trinajstić information content (AvgIpc) is 1.97. The number of aromatic nitrogens is 1. The number of hydrogen-bond acceptors (Lipinski definition) is 5. The summed E-state index contributed by atoms with van der Waals surface area (Å²) in [6.45, 7) is 0. The lowest BCUT2D eigenvalue weighted by molar-refractivity contribution is 0.388. The number of hydrogen-bond donors (Lipinski definition) is 3. The van der Waals surface area contributed by atoms with Crippen molar-refractivity contribution in [2.45, 2.75) is 4.90 Å². The topological polar surface area (TPSA) is 74.2 Å². The number of methoxy groups -OCH3 is 1. The van der Waals surface area contributed by atoms with Crippen LogP contribution in [0.25, 0.3) is 0 Å². The van der Waals surface area contributed by atoms with Crippen molar-refractivity contribution in [3.8, 4) is 5.88 Å². The van der Waals surface area contributed by atoms with E-state index in [1.807, 2.05) is 0 Å². The van der Waals surface area contributed by atoms with Gasteiger partial charge in [-0.25, -0.2) is 0 Å². The zero-order valence-electron chi connectivity index (χ0n) is 6.03. The zero-order chi connectivity index (χ0) is 8.43. The van der Waals surface area contributed by atoms with Gasteiger partial charge in [0, 0.05) is 0 Å². The standard InChI is InChI=1S/C6H9N3OS/c1-10-6-4(11)2-3(7)5(8)9-6/h2,11H,7H2,1H3,(H2,8,9). The summed E-state index contributed by atoms with van der Waals surface area (Å²) in [5.41, 5.74) is 11.3. The molecule has 0 unspecified atom stereocenters. The van der Waals surface area contributed by atoms with Gasteiger partial charge < -0.3 is 16.2 Å². The molecule has 1 rings (SSSR count). The van der Waals surface area contributed by atoms with Crippen LogP contribution in [-0.2, 0) is 0 Å². The lowest BCUT2D eigenvalue weighted by Crippen LogP contribution is -2.00. The molecular formula is C6H9N3OS. The molecule has 0 saturated heterocycles. The smallest absolute Gasteiger partial charge is 0.228 e. The Morgan fingerprint density at radius 3 is 2.73 bits per heavy atom. The molecule has 4 N–H and O–H groups in total. The second-order valence-corrected chi connectivity index (χ2v) is 2.47. The van der Waals surface area contributed by atoms with Crippen LogP contribution in [0.4, 0.5) is 11.5 Å². The third kappa shape index (κ3) is 1.48. The van der Waals surface area contributed by atoms with E-state index in [-0.39, 0.29) is 5.82 Å². The molecule has 0 bridgehead atoms. The van der Waals surface area contributed by atoms with Gasteiger partial charge in [0.05, 0.1) is 17.7 Å². The highest BCUT2D eigenvalue weighted by Gasteiger charge is 2.03. The van der Waals surface area contributed by atoms with E-state index in [1.165, 1.54) is 7.11 Å². The molecule has 60 valence electrons. The molecule has 4 nitrogen and oxygen atoms in total. The van der Waals surface area contributed by atoms with Gasteiger partial charge in [0.25, 0.3) is 0 Å². The van der Waals surface area contributed by atoms with Gasteiger partial charge in [-0.2, -0.15) is 4.98 Å².